The minimum Gasteiger partial charge on any atom is -0.351 e. The number of aromatic nitrogens is 3. The SMILES string of the molecule is Cl.Cl.O=C(NCc1ccc(Cn2cncn2)cc1)[C@H]1CCCCN1. The maximum Gasteiger partial charge on any atom is 0.237 e. The number of hydrogen-bond donors (Lipinski definition) is 2. The van der Waals surface area contributed by atoms with Gasteiger partial charge in [-0.2, -0.15) is 5.10 Å². The molecule has 2 heterocycles. The Morgan fingerprint density at radius 1 is 1.21 bits per heavy atom. The lowest BCUT2D eigenvalue weighted by Crippen LogP contribution is -2.46. The predicted octanol–water partition coefficient (Wildman–Crippen LogP) is 1.93. The van der Waals surface area contributed by atoms with Crippen molar-refractivity contribution < 1.29 is 4.79 Å². The number of amides is 1. The standard InChI is InChI=1S/C16H21N5O.2ClH/c22-16(15-3-1-2-8-18-15)19-9-13-4-6-14(7-5-13)10-21-12-17-11-20-21;;/h4-7,11-12,15,18H,1-3,8-10H2,(H,19,22);2*1H/t15-;;/m1../s1. The molecule has 1 aliphatic heterocycles. The first-order valence-corrected chi connectivity index (χ1v) is 7.72. The molecule has 0 spiro atoms. The number of nitrogens with zero attached hydrogens (tertiary/aromatic N) is 3. The third-order valence-corrected chi connectivity index (χ3v) is 3.93. The second-order valence-corrected chi connectivity index (χ2v) is 5.63. The molecule has 2 N–H and O–H groups in total. The van der Waals surface area contributed by atoms with Crippen LogP contribution in [0.5, 0.6) is 0 Å². The van der Waals surface area contributed by atoms with Gasteiger partial charge >= 0.3 is 0 Å². The number of benzene rings is 1. The van der Waals surface area contributed by atoms with Gasteiger partial charge in [-0.1, -0.05) is 30.7 Å². The molecule has 1 fully saturated rings. The highest BCUT2D eigenvalue weighted by atomic mass is 35.5. The Bertz CT molecular complexity index is 597. The summed E-state index contributed by atoms with van der Waals surface area (Å²) in [5.41, 5.74) is 2.26. The van der Waals surface area contributed by atoms with E-state index in [1.54, 1.807) is 11.0 Å². The fraction of sp³-hybridized carbons (Fsp3) is 0.438. The minimum atomic E-state index is -0.0275. The van der Waals surface area contributed by atoms with Gasteiger partial charge in [-0.05, 0) is 30.5 Å². The summed E-state index contributed by atoms with van der Waals surface area (Å²) in [4.78, 5) is 16.0. The number of carbonyl (C=O) groups excluding carboxylic acids is 1. The molecule has 1 aromatic heterocycles. The van der Waals surface area contributed by atoms with Crippen LogP contribution in [0.1, 0.15) is 30.4 Å². The van der Waals surface area contributed by atoms with Crippen LogP contribution in [0.15, 0.2) is 36.9 Å². The summed E-state index contributed by atoms with van der Waals surface area (Å²) in [6, 6.07) is 8.17. The first-order valence-electron chi connectivity index (χ1n) is 7.72. The normalized spacial score (nSPS) is 16.6. The largest absolute Gasteiger partial charge is 0.351 e. The van der Waals surface area contributed by atoms with Crippen LogP contribution >= 0.6 is 24.8 Å². The van der Waals surface area contributed by atoms with Crippen molar-refractivity contribution in [2.45, 2.75) is 38.4 Å². The third kappa shape index (κ3) is 5.78. The van der Waals surface area contributed by atoms with Gasteiger partial charge < -0.3 is 10.6 Å². The zero-order chi connectivity index (χ0) is 15.2. The van der Waals surface area contributed by atoms with E-state index < -0.39 is 0 Å². The van der Waals surface area contributed by atoms with Crippen molar-refractivity contribution in [1.82, 2.24) is 25.4 Å². The van der Waals surface area contributed by atoms with Gasteiger partial charge in [0.15, 0.2) is 0 Å². The minimum absolute atomic E-state index is 0. The quantitative estimate of drug-likeness (QED) is 0.842. The molecule has 1 amide bonds. The van der Waals surface area contributed by atoms with Crippen molar-refractivity contribution in [3.8, 4) is 0 Å². The summed E-state index contributed by atoms with van der Waals surface area (Å²) in [6.45, 7) is 2.22. The van der Waals surface area contributed by atoms with E-state index in [2.05, 4.69) is 32.8 Å². The predicted molar refractivity (Wildman–Crippen MR) is 97.6 cm³/mol. The van der Waals surface area contributed by atoms with E-state index in [4.69, 9.17) is 0 Å². The maximum atomic E-state index is 12.1. The molecule has 0 radical (unpaired) electrons. The van der Waals surface area contributed by atoms with Gasteiger partial charge in [0.2, 0.25) is 5.91 Å². The Balaban J connectivity index is 0.00000144. The van der Waals surface area contributed by atoms with Crippen molar-refractivity contribution in [3.63, 3.8) is 0 Å². The van der Waals surface area contributed by atoms with Gasteiger partial charge in [0.05, 0.1) is 12.6 Å². The van der Waals surface area contributed by atoms with Crippen molar-refractivity contribution in [2.24, 2.45) is 0 Å². The van der Waals surface area contributed by atoms with Crippen molar-refractivity contribution in [2.75, 3.05) is 6.54 Å². The van der Waals surface area contributed by atoms with Crippen LogP contribution in [-0.4, -0.2) is 33.3 Å². The van der Waals surface area contributed by atoms with E-state index in [1.807, 2.05) is 12.1 Å². The molecule has 6 nitrogen and oxygen atoms in total. The summed E-state index contributed by atoms with van der Waals surface area (Å²) in [7, 11) is 0. The molecule has 8 heteroatoms. The first-order chi connectivity index (χ1) is 10.8. The smallest absolute Gasteiger partial charge is 0.237 e. The van der Waals surface area contributed by atoms with E-state index in [1.165, 1.54) is 6.33 Å². The van der Waals surface area contributed by atoms with Crippen molar-refractivity contribution >= 4 is 30.7 Å². The lowest BCUT2D eigenvalue weighted by atomic mass is 10.0. The fourth-order valence-electron chi connectivity index (χ4n) is 2.65. The zero-order valence-corrected chi connectivity index (χ0v) is 15.0. The van der Waals surface area contributed by atoms with Crippen LogP contribution in [0.4, 0.5) is 0 Å². The van der Waals surface area contributed by atoms with Crippen molar-refractivity contribution in [1.29, 1.82) is 0 Å². The number of carbonyl (C=O) groups is 1. The molecule has 0 saturated carbocycles. The summed E-state index contributed by atoms with van der Waals surface area (Å²) < 4.78 is 1.78. The van der Waals surface area contributed by atoms with Gasteiger partial charge in [-0.15, -0.1) is 24.8 Å². The molecule has 1 aliphatic rings. The van der Waals surface area contributed by atoms with Crippen LogP contribution in [-0.2, 0) is 17.9 Å². The summed E-state index contributed by atoms with van der Waals surface area (Å²) in [6.07, 6.45) is 6.45. The Labute approximate surface area is 154 Å². The number of nitrogens with one attached hydrogen (secondary N) is 2. The highest BCUT2D eigenvalue weighted by Crippen LogP contribution is 2.08. The molecular weight excluding hydrogens is 349 g/mol. The molecule has 0 aliphatic carbocycles. The number of hydrogen-bond acceptors (Lipinski definition) is 4. The van der Waals surface area contributed by atoms with Gasteiger partial charge in [-0.3, -0.25) is 4.79 Å². The first kappa shape index (κ1) is 20.4. The maximum absolute atomic E-state index is 12.1. The van der Waals surface area contributed by atoms with Gasteiger partial charge in [0.1, 0.15) is 12.7 Å². The summed E-state index contributed by atoms with van der Waals surface area (Å²) in [5.74, 6) is 0.103. The van der Waals surface area contributed by atoms with Crippen LogP contribution in [0.25, 0.3) is 0 Å². The Hall–Kier alpha value is -1.63. The zero-order valence-electron chi connectivity index (χ0n) is 13.4. The van der Waals surface area contributed by atoms with E-state index in [0.29, 0.717) is 13.1 Å². The van der Waals surface area contributed by atoms with E-state index >= 15 is 0 Å². The number of halogens is 2. The number of piperidine rings is 1. The molecule has 0 bridgehead atoms. The fourth-order valence-corrected chi connectivity index (χ4v) is 2.65. The highest BCUT2D eigenvalue weighted by molar-refractivity contribution is 5.85. The molecule has 0 unspecified atom stereocenters. The lowest BCUT2D eigenvalue weighted by Gasteiger charge is -2.22. The third-order valence-electron chi connectivity index (χ3n) is 3.93. The van der Waals surface area contributed by atoms with Gasteiger partial charge in [-0.25, -0.2) is 9.67 Å². The van der Waals surface area contributed by atoms with Crippen LogP contribution in [0.3, 0.4) is 0 Å². The second-order valence-electron chi connectivity index (χ2n) is 5.63. The molecule has 3 rings (SSSR count). The van der Waals surface area contributed by atoms with Gasteiger partial charge in [0.25, 0.3) is 0 Å². The topological polar surface area (TPSA) is 71.8 Å². The Morgan fingerprint density at radius 2 is 1.96 bits per heavy atom. The Morgan fingerprint density at radius 3 is 2.58 bits per heavy atom. The van der Waals surface area contributed by atoms with Crippen LogP contribution in [0, 0.1) is 0 Å². The molecular formula is C16H23Cl2N5O. The average Bonchev–Trinajstić information content (AvgIpc) is 3.08. The molecule has 132 valence electrons. The van der Waals surface area contributed by atoms with Crippen LogP contribution < -0.4 is 10.6 Å². The summed E-state index contributed by atoms with van der Waals surface area (Å²) in [5, 5.41) is 10.4. The molecule has 1 saturated heterocycles. The lowest BCUT2D eigenvalue weighted by molar-refractivity contribution is -0.123. The monoisotopic (exact) mass is 371 g/mol. The number of rotatable bonds is 5. The molecule has 2 aromatic rings. The van der Waals surface area contributed by atoms with E-state index in [9.17, 15) is 4.79 Å². The average molecular weight is 372 g/mol. The molecule has 24 heavy (non-hydrogen) atoms. The summed E-state index contributed by atoms with van der Waals surface area (Å²) >= 11 is 0. The van der Waals surface area contributed by atoms with Gasteiger partial charge in [0, 0.05) is 6.54 Å². The highest BCUT2D eigenvalue weighted by Gasteiger charge is 2.19. The van der Waals surface area contributed by atoms with E-state index in [-0.39, 0.29) is 36.8 Å². The molecule has 1 atom stereocenters. The molecule has 1 aromatic carbocycles. The van der Waals surface area contributed by atoms with Crippen LogP contribution in [0.2, 0.25) is 0 Å². The Kier molecular flexibility index (Phi) is 8.74. The van der Waals surface area contributed by atoms with Crippen molar-refractivity contribution in [3.05, 3.63) is 48.0 Å². The van der Waals surface area contributed by atoms with E-state index in [0.717, 1.165) is 36.9 Å². The second kappa shape index (κ2) is 10.3.